The molecule has 2 fully saturated rings. The van der Waals surface area contributed by atoms with Gasteiger partial charge in [-0.15, -0.1) is 0 Å². The van der Waals surface area contributed by atoms with Gasteiger partial charge in [0.25, 0.3) is 0 Å². The van der Waals surface area contributed by atoms with Crippen molar-refractivity contribution in [3.63, 3.8) is 0 Å². The van der Waals surface area contributed by atoms with E-state index >= 15 is 0 Å². The number of nitrogens with zero attached hydrogens (tertiary/aromatic N) is 3. The van der Waals surface area contributed by atoms with Gasteiger partial charge in [0, 0.05) is 38.3 Å². The number of amides is 2. The van der Waals surface area contributed by atoms with Crippen LogP contribution in [0.15, 0.2) is 48.5 Å². The van der Waals surface area contributed by atoms with Crippen LogP contribution >= 0.6 is 0 Å². The van der Waals surface area contributed by atoms with E-state index in [1.54, 1.807) is 7.11 Å². The van der Waals surface area contributed by atoms with E-state index < -0.39 is 0 Å². The van der Waals surface area contributed by atoms with E-state index in [1.807, 2.05) is 65.3 Å². The second-order valence-corrected chi connectivity index (χ2v) is 8.72. The fourth-order valence-corrected chi connectivity index (χ4v) is 4.86. The Morgan fingerprint density at radius 2 is 1.66 bits per heavy atom. The second kappa shape index (κ2) is 9.74. The summed E-state index contributed by atoms with van der Waals surface area (Å²) in [5, 5.41) is 0. The minimum Gasteiger partial charge on any atom is -0.497 e. The van der Waals surface area contributed by atoms with Gasteiger partial charge in [-0.25, -0.2) is 0 Å². The molecule has 0 radical (unpaired) electrons. The van der Waals surface area contributed by atoms with Gasteiger partial charge in [-0.2, -0.15) is 0 Å². The highest BCUT2D eigenvalue weighted by Gasteiger charge is 2.43. The fourth-order valence-electron chi connectivity index (χ4n) is 4.86. The van der Waals surface area contributed by atoms with Crippen LogP contribution in [0.5, 0.6) is 5.75 Å². The van der Waals surface area contributed by atoms with Gasteiger partial charge in [0.15, 0.2) is 0 Å². The second-order valence-electron chi connectivity index (χ2n) is 8.72. The van der Waals surface area contributed by atoms with Crippen LogP contribution in [0.2, 0.25) is 0 Å². The zero-order chi connectivity index (χ0) is 22.7. The van der Waals surface area contributed by atoms with E-state index in [2.05, 4.69) is 11.8 Å². The number of benzene rings is 2. The lowest BCUT2D eigenvalue weighted by molar-refractivity contribution is -0.140. The molecule has 170 valence electrons. The number of carbonyl (C=O) groups is 2. The van der Waals surface area contributed by atoms with Gasteiger partial charge in [-0.3, -0.25) is 9.59 Å². The van der Waals surface area contributed by atoms with Gasteiger partial charge >= 0.3 is 0 Å². The molecule has 2 aromatic carbocycles. The molecule has 2 amide bonds. The SMILES string of the molecule is CCN1CCN(C(=O)C2CCC(=O)N(c3ccc(C)cc3)C2c2ccc(OC)cc2)CC1. The van der Waals surface area contributed by atoms with Crippen molar-refractivity contribution in [2.75, 3.05) is 44.7 Å². The van der Waals surface area contributed by atoms with Gasteiger partial charge in [-0.1, -0.05) is 36.8 Å². The number of piperidine rings is 1. The summed E-state index contributed by atoms with van der Waals surface area (Å²) in [5.41, 5.74) is 2.94. The summed E-state index contributed by atoms with van der Waals surface area (Å²) in [6, 6.07) is 15.4. The Labute approximate surface area is 190 Å². The van der Waals surface area contributed by atoms with Crippen LogP contribution in [0.25, 0.3) is 0 Å². The summed E-state index contributed by atoms with van der Waals surface area (Å²) in [6.07, 6.45) is 0.955. The van der Waals surface area contributed by atoms with Crippen LogP contribution < -0.4 is 9.64 Å². The average molecular weight is 436 g/mol. The molecule has 0 aliphatic carbocycles. The molecule has 2 aliphatic heterocycles. The third-order valence-corrected chi connectivity index (χ3v) is 6.82. The lowest BCUT2D eigenvalue weighted by atomic mass is 9.82. The zero-order valence-electron chi connectivity index (χ0n) is 19.3. The average Bonchev–Trinajstić information content (AvgIpc) is 2.84. The third kappa shape index (κ3) is 4.51. The Balaban J connectivity index is 1.69. The predicted molar refractivity (Wildman–Crippen MR) is 126 cm³/mol. The maximum Gasteiger partial charge on any atom is 0.228 e. The van der Waals surface area contributed by atoms with Crippen LogP contribution in [0, 0.1) is 12.8 Å². The van der Waals surface area contributed by atoms with Crippen molar-refractivity contribution in [2.24, 2.45) is 5.92 Å². The lowest BCUT2D eigenvalue weighted by Gasteiger charge is -2.43. The highest BCUT2D eigenvalue weighted by atomic mass is 16.5. The fraction of sp³-hybridized carbons (Fsp3) is 0.462. The van der Waals surface area contributed by atoms with E-state index in [9.17, 15) is 9.59 Å². The van der Waals surface area contributed by atoms with E-state index in [1.165, 1.54) is 0 Å². The summed E-state index contributed by atoms with van der Waals surface area (Å²) in [6.45, 7) is 8.50. The van der Waals surface area contributed by atoms with Crippen LogP contribution in [-0.2, 0) is 9.59 Å². The topological polar surface area (TPSA) is 53.1 Å². The number of methoxy groups -OCH3 is 1. The molecule has 6 nitrogen and oxygen atoms in total. The molecule has 2 aromatic rings. The molecule has 0 bridgehead atoms. The predicted octanol–water partition coefficient (Wildman–Crippen LogP) is 3.65. The molecule has 6 heteroatoms. The first-order valence-corrected chi connectivity index (χ1v) is 11.6. The van der Waals surface area contributed by atoms with Gasteiger partial charge < -0.3 is 19.4 Å². The number of hydrogen-bond donors (Lipinski definition) is 0. The standard InChI is InChI=1S/C26H33N3O3/c1-4-27-15-17-28(18-16-27)26(31)23-13-14-24(30)29(21-9-5-19(2)6-10-21)25(23)20-7-11-22(32-3)12-8-20/h5-12,23,25H,4,13-18H2,1-3H3. The van der Waals surface area contributed by atoms with E-state index in [0.717, 1.165) is 55.3 Å². The van der Waals surface area contributed by atoms with Gasteiger partial charge in [0.05, 0.1) is 19.1 Å². The molecule has 4 rings (SSSR count). The lowest BCUT2D eigenvalue weighted by Crippen LogP contribution is -2.54. The molecule has 2 unspecified atom stereocenters. The Morgan fingerprint density at radius 3 is 2.25 bits per heavy atom. The molecule has 0 N–H and O–H groups in total. The third-order valence-electron chi connectivity index (χ3n) is 6.82. The van der Waals surface area contributed by atoms with Crippen molar-refractivity contribution in [3.05, 3.63) is 59.7 Å². The largest absolute Gasteiger partial charge is 0.497 e. The summed E-state index contributed by atoms with van der Waals surface area (Å²) in [4.78, 5) is 33.1. The van der Waals surface area contributed by atoms with Gasteiger partial charge in [0.2, 0.25) is 11.8 Å². The minimum atomic E-state index is -0.332. The maximum absolute atomic E-state index is 13.7. The number of anilines is 1. The van der Waals surface area contributed by atoms with E-state index in [4.69, 9.17) is 4.74 Å². The number of aryl methyl sites for hydroxylation is 1. The van der Waals surface area contributed by atoms with Crippen LogP contribution in [0.1, 0.15) is 36.9 Å². The Hall–Kier alpha value is -2.86. The van der Waals surface area contributed by atoms with Crippen molar-refractivity contribution in [3.8, 4) is 5.75 Å². The quantitative estimate of drug-likeness (QED) is 0.719. The molecule has 2 aliphatic rings. The van der Waals surface area contributed by atoms with Crippen molar-refractivity contribution in [1.82, 2.24) is 9.80 Å². The Morgan fingerprint density at radius 1 is 1.00 bits per heavy atom. The van der Waals surface area contributed by atoms with Gasteiger partial charge in [0.1, 0.15) is 5.75 Å². The molecule has 0 aromatic heterocycles. The Bertz CT molecular complexity index is 934. The van der Waals surface area contributed by atoms with Crippen molar-refractivity contribution in [1.29, 1.82) is 0 Å². The highest BCUT2D eigenvalue weighted by Crippen LogP contribution is 2.41. The first-order chi connectivity index (χ1) is 15.5. The van der Waals surface area contributed by atoms with Crippen LogP contribution in [-0.4, -0.2) is 61.4 Å². The molecule has 2 saturated heterocycles. The molecule has 32 heavy (non-hydrogen) atoms. The number of piperazine rings is 1. The number of likely N-dealkylation sites (N-methyl/N-ethyl adjacent to an activating group) is 1. The number of hydrogen-bond acceptors (Lipinski definition) is 4. The van der Waals surface area contributed by atoms with Crippen molar-refractivity contribution < 1.29 is 14.3 Å². The van der Waals surface area contributed by atoms with Crippen molar-refractivity contribution in [2.45, 2.75) is 32.7 Å². The van der Waals surface area contributed by atoms with E-state index in [0.29, 0.717) is 12.8 Å². The minimum absolute atomic E-state index is 0.0644. The first-order valence-electron chi connectivity index (χ1n) is 11.6. The van der Waals surface area contributed by atoms with Crippen LogP contribution in [0.3, 0.4) is 0 Å². The number of carbonyl (C=O) groups excluding carboxylic acids is 2. The number of rotatable bonds is 5. The number of ether oxygens (including phenoxy) is 1. The summed E-state index contributed by atoms with van der Waals surface area (Å²) in [5.74, 6) is 0.715. The Kier molecular flexibility index (Phi) is 6.80. The van der Waals surface area contributed by atoms with Crippen LogP contribution in [0.4, 0.5) is 5.69 Å². The first kappa shape index (κ1) is 22.3. The highest BCUT2D eigenvalue weighted by molar-refractivity contribution is 5.97. The van der Waals surface area contributed by atoms with E-state index in [-0.39, 0.29) is 23.8 Å². The molecular formula is C26H33N3O3. The summed E-state index contributed by atoms with van der Waals surface area (Å²) >= 11 is 0. The zero-order valence-corrected chi connectivity index (χ0v) is 19.3. The summed E-state index contributed by atoms with van der Waals surface area (Å²) < 4.78 is 5.33. The normalized spacial score (nSPS) is 22.2. The summed E-state index contributed by atoms with van der Waals surface area (Å²) in [7, 11) is 1.64. The monoisotopic (exact) mass is 435 g/mol. The van der Waals surface area contributed by atoms with Gasteiger partial charge in [-0.05, 0) is 49.7 Å². The molecule has 0 spiro atoms. The molecule has 2 heterocycles. The maximum atomic E-state index is 13.7. The smallest absolute Gasteiger partial charge is 0.228 e. The van der Waals surface area contributed by atoms with Crippen molar-refractivity contribution >= 4 is 17.5 Å². The molecule has 2 atom stereocenters. The molecule has 0 saturated carbocycles. The molecular weight excluding hydrogens is 402 g/mol.